The maximum Gasteiger partial charge on any atom is 0.363 e. The molecule has 2 aromatic rings. The largest absolute Gasteiger partial charge is 0.402 e. The summed E-state index contributed by atoms with van der Waals surface area (Å²) in [5, 5.41) is 10.8. The van der Waals surface area contributed by atoms with Crippen LogP contribution >= 0.6 is 11.6 Å². The summed E-state index contributed by atoms with van der Waals surface area (Å²) >= 11 is 6.01. The van der Waals surface area contributed by atoms with Crippen molar-refractivity contribution >= 4 is 35.2 Å². The van der Waals surface area contributed by atoms with Crippen molar-refractivity contribution in [2.75, 3.05) is 0 Å². The lowest BCUT2D eigenvalue weighted by Crippen LogP contribution is -2.06. The summed E-state index contributed by atoms with van der Waals surface area (Å²) in [6.07, 6.45) is 1.59. The first-order chi connectivity index (χ1) is 11.0. The van der Waals surface area contributed by atoms with Gasteiger partial charge in [-0.05, 0) is 17.7 Å². The Balaban J connectivity index is 1.96. The lowest BCUT2D eigenvalue weighted by atomic mass is 10.2. The molecule has 0 N–H and O–H groups in total. The van der Waals surface area contributed by atoms with Gasteiger partial charge in [0.2, 0.25) is 5.90 Å². The van der Waals surface area contributed by atoms with E-state index >= 15 is 0 Å². The van der Waals surface area contributed by atoms with Crippen LogP contribution in [0.3, 0.4) is 0 Å². The average Bonchev–Trinajstić information content (AvgIpc) is 2.89. The minimum atomic E-state index is -0.599. The zero-order chi connectivity index (χ0) is 16.4. The van der Waals surface area contributed by atoms with Gasteiger partial charge in [-0.15, -0.1) is 0 Å². The molecular formula is C16H9ClN2O4. The summed E-state index contributed by atoms with van der Waals surface area (Å²) in [7, 11) is 0. The highest BCUT2D eigenvalue weighted by Gasteiger charge is 2.26. The molecule has 0 fully saturated rings. The number of hydrogen-bond acceptors (Lipinski definition) is 5. The summed E-state index contributed by atoms with van der Waals surface area (Å²) in [6, 6.07) is 13.1. The second-order valence-corrected chi connectivity index (χ2v) is 5.08. The summed E-state index contributed by atoms with van der Waals surface area (Å²) < 4.78 is 5.10. The van der Waals surface area contributed by atoms with Crippen LogP contribution in [0, 0.1) is 10.1 Å². The Morgan fingerprint density at radius 3 is 2.57 bits per heavy atom. The third-order valence-electron chi connectivity index (χ3n) is 3.12. The number of rotatable bonds is 3. The van der Waals surface area contributed by atoms with Crippen LogP contribution in [-0.4, -0.2) is 16.8 Å². The molecule has 0 radical (unpaired) electrons. The number of ether oxygens (including phenoxy) is 1. The van der Waals surface area contributed by atoms with Crippen LogP contribution in [0.5, 0.6) is 0 Å². The van der Waals surface area contributed by atoms with Gasteiger partial charge in [-0.3, -0.25) is 10.1 Å². The van der Waals surface area contributed by atoms with Gasteiger partial charge >= 0.3 is 5.97 Å². The topological polar surface area (TPSA) is 81.8 Å². The van der Waals surface area contributed by atoms with E-state index in [1.807, 2.05) is 30.3 Å². The predicted octanol–water partition coefficient (Wildman–Crippen LogP) is 3.59. The van der Waals surface area contributed by atoms with E-state index in [2.05, 4.69) is 4.99 Å². The summed E-state index contributed by atoms with van der Waals surface area (Å²) in [5.74, 6) is -0.574. The van der Waals surface area contributed by atoms with Crippen LogP contribution in [0.15, 0.2) is 59.2 Å². The molecule has 0 amide bonds. The lowest BCUT2D eigenvalue weighted by molar-refractivity contribution is -0.384. The molecule has 0 aromatic heterocycles. The number of nitro groups is 1. The van der Waals surface area contributed by atoms with Crippen LogP contribution < -0.4 is 0 Å². The number of esters is 1. The molecule has 114 valence electrons. The Morgan fingerprint density at radius 1 is 1.17 bits per heavy atom. The molecule has 0 unspecified atom stereocenters. The molecule has 3 rings (SSSR count). The number of cyclic esters (lactones) is 1. The minimum absolute atomic E-state index is 0.0251. The number of carbonyl (C=O) groups is 1. The van der Waals surface area contributed by atoms with Crippen LogP contribution in [0.25, 0.3) is 6.08 Å². The van der Waals surface area contributed by atoms with Crippen LogP contribution in [0.2, 0.25) is 5.02 Å². The molecule has 2 aromatic carbocycles. The van der Waals surface area contributed by atoms with Crippen molar-refractivity contribution in [1.29, 1.82) is 0 Å². The number of benzene rings is 2. The molecule has 0 spiro atoms. The van der Waals surface area contributed by atoms with Gasteiger partial charge < -0.3 is 4.74 Å². The van der Waals surface area contributed by atoms with E-state index in [4.69, 9.17) is 16.3 Å². The fourth-order valence-corrected chi connectivity index (χ4v) is 2.28. The molecule has 6 nitrogen and oxygen atoms in total. The number of nitro benzene ring substituents is 1. The van der Waals surface area contributed by atoms with Gasteiger partial charge in [0.1, 0.15) is 0 Å². The Labute approximate surface area is 135 Å². The minimum Gasteiger partial charge on any atom is -0.402 e. The molecule has 0 aliphatic carbocycles. The molecular weight excluding hydrogens is 320 g/mol. The molecule has 1 aliphatic heterocycles. The molecule has 0 saturated carbocycles. The van der Waals surface area contributed by atoms with Gasteiger partial charge in [0.15, 0.2) is 5.70 Å². The fourth-order valence-electron chi connectivity index (χ4n) is 2.02. The van der Waals surface area contributed by atoms with Crippen molar-refractivity contribution in [2.45, 2.75) is 0 Å². The Bertz CT molecular complexity index is 860. The van der Waals surface area contributed by atoms with Crippen LogP contribution in [0.4, 0.5) is 5.69 Å². The van der Waals surface area contributed by atoms with E-state index in [-0.39, 0.29) is 22.3 Å². The molecule has 1 aliphatic rings. The van der Waals surface area contributed by atoms with Crippen molar-refractivity contribution in [3.63, 3.8) is 0 Å². The smallest absolute Gasteiger partial charge is 0.363 e. The Kier molecular flexibility index (Phi) is 3.91. The number of nitrogens with zero attached hydrogens (tertiary/aromatic N) is 2. The highest BCUT2D eigenvalue weighted by atomic mass is 35.5. The van der Waals surface area contributed by atoms with Gasteiger partial charge in [0.05, 0.1) is 15.5 Å². The number of hydrogen-bond donors (Lipinski definition) is 0. The second-order valence-electron chi connectivity index (χ2n) is 4.67. The van der Waals surface area contributed by atoms with Crippen molar-refractivity contribution in [1.82, 2.24) is 0 Å². The van der Waals surface area contributed by atoms with Crippen molar-refractivity contribution in [3.05, 3.63) is 80.5 Å². The molecule has 0 atom stereocenters. The number of non-ortho nitro benzene ring substituents is 1. The van der Waals surface area contributed by atoms with E-state index in [1.165, 1.54) is 18.2 Å². The van der Waals surface area contributed by atoms with Crippen LogP contribution in [0.1, 0.15) is 11.1 Å². The van der Waals surface area contributed by atoms with Gasteiger partial charge in [-0.25, -0.2) is 9.79 Å². The van der Waals surface area contributed by atoms with Crippen molar-refractivity contribution in [2.24, 2.45) is 4.99 Å². The first-order valence-electron chi connectivity index (χ1n) is 6.56. The zero-order valence-corrected chi connectivity index (χ0v) is 12.4. The summed E-state index contributed by atoms with van der Waals surface area (Å²) in [5.41, 5.74) is 1.12. The van der Waals surface area contributed by atoms with E-state index in [9.17, 15) is 14.9 Å². The lowest BCUT2D eigenvalue weighted by Gasteiger charge is -2.02. The second kappa shape index (κ2) is 6.02. The summed E-state index contributed by atoms with van der Waals surface area (Å²) in [4.78, 5) is 26.2. The highest BCUT2D eigenvalue weighted by Crippen LogP contribution is 2.27. The predicted molar refractivity (Wildman–Crippen MR) is 85.2 cm³/mol. The third kappa shape index (κ3) is 3.12. The van der Waals surface area contributed by atoms with E-state index < -0.39 is 10.9 Å². The average molecular weight is 329 g/mol. The Morgan fingerprint density at radius 2 is 1.91 bits per heavy atom. The van der Waals surface area contributed by atoms with E-state index in [0.717, 1.165) is 5.56 Å². The standard InChI is InChI=1S/C16H9ClN2O4/c17-13-9-11(19(21)22)6-7-12(13)15-18-14(16(20)23-15)8-10-4-2-1-3-5-10/h1-9H/b14-8-. The van der Waals surface area contributed by atoms with Gasteiger partial charge in [0.25, 0.3) is 5.69 Å². The van der Waals surface area contributed by atoms with Crippen LogP contribution in [-0.2, 0) is 9.53 Å². The number of halogens is 1. The van der Waals surface area contributed by atoms with Gasteiger partial charge in [-0.2, -0.15) is 0 Å². The normalized spacial score (nSPS) is 15.4. The molecule has 0 bridgehead atoms. The SMILES string of the molecule is O=C1OC(c2ccc([N+](=O)[O-])cc2Cl)=N/C1=C\c1ccccc1. The zero-order valence-electron chi connectivity index (χ0n) is 11.6. The monoisotopic (exact) mass is 328 g/mol. The number of carbonyl (C=O) groups excluding carboxylic acids is 1. The molecule has 23 heavy (non-hydrogen) atoms. The molecule has 0 saturated heterocycles. The fraction of sp³-hybridized carbons (Fsp3) is 0. The van der Waals surface area contributed by atoms with Gasteiger partial charge in [-0.1, -0.05) is 41.9 Å². The molecule has 7 heteroatoms. The maximum absolute atomic E-state index is 11.9. The van der Waals surface area contributed by atoms with E-state index in [0.29, 0.717) is 5.56 Å². The highest BCUT2D eigenvalue weighted by molar-refractivity contribution is 6.34. The third-order valence-corrected chi connectivity index (χ3v) is 3.43. The first-order valence-corrected chi connectivity index (χ1v) is 6.94. The maximum atomic E-state index is 11.9. The first kappa shape index (κ1) is 14.9. The number of aliphatic imine (C=N–C) groups is 1. The van der Waals surface area contributed by atoms with Gasteiger partial charge in [0, 0.05) is 12.1 Å². The Hall–Kier alpha value is -2.99. The van der Waals surface area contributed by atoms with Crippen molar-refractivity contribution < 1.29 is 14.5 Å². The van der Waals surface area contributed by atoms with E-state index in [1.54, 1.807) is 6.08 Å². The summed E-state index contributed by atoms with van der Waals surface area (Å²) in [6.45, 7) is 0. The van der Waals surface area contributed by atoms with Crippen molar-refractivity contribution in [3.8, 4) is 0 Å². The molecule has 1 heterocycles. The quantitative estimate of drug-likeness (QED) is 0.373.